The highest BCUT2D eigenvalue weighted by atomic mass is 35.5. The van der Waals surface area contributed by atoms with Crippen molar-refractivity contribution in [2.45, 2.75) is 12.8 Å². The third kappa shape index (κ3) is 4.89. The van der Waals surface area contributed by atoms with Crippen LogP contribution in [0.3, 0.4) is 0 Å². The largest absolute Gasteiger partial charge is 0.354 e. The number of carbonyl (C=O) groups is 1. The van der Waals surface area contributed by atoms with Crippen LogP contribution in [0.2, 0.25) is 10.0 Å². The van der Waals surface area contributed by atoms with Gasteiger partial charge in [0.1, 0.15) is 5.82 Å². The molecule has 0 spiro atoms. The van der Waals surface area contributed by atoms with E-state index >= 15 is 0 Å². The lowest BCUT2D eigenvalue weighted by Crippen LogP contribution is -2.41. The third-order valence-electron chi connectivity index (χ3n) is 5.04. The van der Waals surface area contributed by atoms with Crippen molar-refractivity contribution in [3.63, 3.8) is 0 Å². The van der Waals surface area contributed by atoms with Gasteiger partial charge in [-0.25, -0.2) is 4.39 Å². The van der Waals surface area contributed by atoms with E-state index in [9.17, 15) is 9.18 Å². The van der Waals surface area contributed by atoms with E-state index in [1.54, 1.807) is 30.3 Å². The molecule has 1 unspecified atom stereocenters. The first-order valence-electron chi connectivity index (χ1n) is 9.59. The normalized spacial score (nSPS) is 16.4. The molecule has 2 heterocycles. The van der Waals surface area contributed by atoms with Gasteiger partial charge in [0.2, 0.25) is 5.91 Å². The number of benzene rings is 2. The zero-order valence-corrected chi connectivity index (χ0v) is 17.5. The second kappa shape index (κ2) is 8.98. The molecule has 0 aliphatic carbocycles. The van der Waals surface area contributed by atoms with Crippen molar-refractivity contribution in [1.82, 2.24) is 10.2 Å². The summed E-state index contributed by atoms with van der Waals surface area (Å²) >= 11 is 12.0. The average Bonchev–Trinajstić information content (AvgIpc) is 2.74. The van der Waals surface area contributed by atoms with E-state index in [0.29, 0.717) is 33.8 Å². The van der Waals surface area contributed by atoms with Crippen LogP contribution in [0.5, 0.6) is 0 Å². The van der Waals surface area contributed by atoms with Crippen molar-refractivity contribution >= 4 is 40.6 Å². The minimum atomic E-state index is -0.291. The van der Waals surface area contributed by atoms with Gasteiger partial charge in [-0.05, 0) is 67.4 Å². The summed E-state index contributed by atoms with van der Waals surface area (Å²) in [6.45, 7) is 1.35. The lowest BCUT2D eigenvalue weighted by Gasteiger charge is -2.32. The summed E-state index contributed by atoms with van der Waals surface area (Å²) < 4.78 is 13.1. The lowest BCUT2D eigenvalue weighted by molar-refractivity contribution is -0.120. The van der Waals surface area contributed by atoms with E-state index in [-0.39, 0.29) is 17.6 Å². The minimum Gasteiger partial charge on any atom is -0.354 e. The fraction of sp³-hybridized carbons (Fsp3) is 0.227. The molecule has 1 saturated heterocycles. The Morgan fingerprint density at radius 1 is 1.03 bits per heavy atom. The molecule has 1 aromatic heterocycles. The molecule has 1 aliphatic rings. The fourth-order valence-corrected chi connectivity index (χ4v) is 4.06. The molecular formula is C22H19Cl2FN4O. The van der Waals surface area contributed by atoms with Crippen molar-refractivity contribution in [1.29, 1.82) is 0 Å². The number of anilines is 2. The maximum atomic E-state index is 13.1. The predicted octanol–water partition coefficient (Wildman–Crippen LogP) is 5.44. The monoisotopic (exact) mass is 444 g/mol. The number of carbonyl (C=O) groups excluding carboxylic acids is 1. The van der Waals surface area contributed by atoms with E-state index in [4.69, 9.17) is 23.2 Å². The van der Waals surface area contributed by atoms with Crippen LogP contribution in [-0.4, -0.2) is 29.2 Å². The van der Waals surface area contributed by atoms with Gasteiger partial charge in [0.15, 0.2) is 5.82 Å². The van der Waals surface area contributed by atoms with Crippen molar-refractivity contribution < 1.29 is 9.18 Å². The number of piperidine rings is 1. The molecule has 3 aromatic rings. The maximum Gasteiger partial charge on any atom is 0.229 e. The van der Waals surface area contributed by atoms with Gasteiger partial charge < -0.3 is 10.2 Å². The van der Waals surface area contributed by atoms with Crippen LogP contribution in [0.15, 0.2) is 54.6 Å². The number of rotatable bonds is 4. The van der Waals surface area contributed by atoms with Gasteiger partial charge in [0.25, 0.3) is 0 Å². The van der Waals surface area contributed by atoms with Gasteiger partial charge in [0, 0.05) is 34.4 Å². The Morgan fingerprint density at radius 3 is 2.43 bits per heavy atom. The molecule has 1 amide bonds. The first-order chi connectivity index (χ1) is 14.5. The quantitative estimate of drug-likeness (QED) is 0.581. The van der Waals surface area contributed by atoms with Crippen LogP contribution in [0.1, 0.15) is 12.8 Å². The van der Waals surface area contributed by atoms with E-state index in [0.717, 1.165) is 24.9 Å². The molecule has 1 fully saturated rings. The zero-order valence-electron chi connectivity index (χ0n) is 16.0. The van der Waals surface area contributed by atoms with Gasteiger partial charge >= 0.3 is 0 Å². The Morgan fingerprint density at radius 2 is 1.77 bits per heavy atom. The highest BCUT2D eigenvalue weighted by Crippen LogP contribution is 2.26. The van der Waals surface area contributed by atoms with E-state index in [1.807, 2.05) is 12.1 Å². The highest BCUT2D eigenvalue weighted by molar-refractivity contribution is 6.35. The summed E-state index contributed by atoms with van der Waals surface area (Å²) in [4.78, 5) is 14.8. The van der Waals surface area contributed by atoms with Crippen LogP contribution in [0, 0.1) is 11.7 Å². The van der Waals surface area contributed by atoms with Crippen LogP contribution in [0.25, 0.3) is 11.3 Å². The summed E-state index contributed by atoms with van der Waals surface area (Å²) in [6, 6.07) is 14.8. The Bertz CT molecular complexity index is 1020. The number of nitrogens with zero attached hydrogens (tertiary/aromatic N) is 3. The average molecular weight is 445 g/mol. The molecule has 1 aliphatic heterocycles. The summed E-state index contributed by atoms with van der Waals surface area (Å²) in [7, 11) is 0. The van der Waals surface area contributed by atoms with E-state index in [1.165, 1.54) is 12.1 Å². The number of halogens is 3. The smallest absolute Gasteiger partial charge is 0.229 e. The summed E-state index contributed by atoms with van der Waals surface area (Å²) in [5, 5.41) is 12.4. The van der Waals surface area contributed by atoms with Crippen molar-refractivity contribution in [3.05, 3.63) is 70.5 Å². The minimum absolute atomic E-state index is 0.0751. The summed E-state index contributed by atoms with van der Waals surface area (Å²) in [5.41, 5.74) is 2.05. The van der Waals surface area contributed by atoms with Crippen molar-refractivity contribution in [3.8, 4) is 11.3 Å². The molecule has 30 heavy (non-hydrogen) atoms. The van der Waals surface area contributed by atoms with Gasteiger partial charge in [-0.15, -0.1) is 10.2 Å². The Labute approximate surface area is 183 Å². The van der Waals surface area contributed by atoms with Crippen LogP contribution in [0.4, 0.5) is 15.9 Å². The maximum absolute atomic E-state index is 13.1. The molecule has 154 valence electrons. The molecule has 0 bridgehead atoms. The van der Waals surface area contributed by atoms with Crippen molar-refractivity contribution in [2.24, 2.45) is 5.92 Å². The Kier molecular flexibility index (Phi) is 6.16. The molecule has 5 nitrogen and oxygen atoms in total. The molecule has 1 N–H and O–H groups in total. The Balaban J connectivity index is 1.43. The molecule has 0 radical (unpaired) electrons. The number of nitrogens with one attached hydrogen (secondary N) is 1. The first-order valence-corrected chi connectivity index (χ1v) is 10.3. The SMILES string of the molecule is O=C(Nc1cc(Cl)cc(Cl)c1)C1CCCN(c2ccc(-c3ccc(F)cc3)nn2)C1. The Hall–Kier alpha value is -2.70. The van der Waals surface area contributed by atoms with E-state index < -0.39 is 0 Å². The van der Waals surface area contributed by atoms with E-state index in [2.05, 4.69) is 20.4 Å². The molecule has 0 saturated carbocycles. The fourth-order valence-electron chi connectivity index (χ4n) is 3.54. The predicted molar refractivity (Wildman–Crippen MR) is 117 cm³/mol. The van der Waals surface area contributed by atoms with Gasteiger partial charge in [-0.3, -0.25) is 4.79 Å². The standard InChI is InChI=1S/C22H19Cl2FN4O/c23-16-10-17(24)12-19(11-16)26-22(30)15-2-1-9-29(13-15)21-8-7-20(27-28-21)14-3-5-18(25)6-4-14/h3-8,10-12,15H,1-2,9,13H2,(H,26,30). The van der Waals surface area contributed by atoms with Crippen molar-refractivity contribution in [2.75, 3.05) is 23.3 Å². The number of amides is 1. The van der Waals surface area contributed by atoms with Crippen LogP contribution >= 0.6 is 23.2 Å². The molecular weight excluding hydrogens is 426 g/mol. The molecule has 1 atom stereocenters. The second-order valence-electron chi connectivity index (χ2n) is 7.22. The summed E-state index contributed by atoms with van der Waals surface area (Å²) in [5.74, 6) is 0.161. The third-order valence-corrected chi connectivity index (χ3v) is 5.47. The number of hydrogen-bond acceptors (Lipinski definition) is 4. The first kappa shape index (κ1) is 20.6. The summed E-state index contributed by atoms with van der Waals surface area (Å²) in [6.07, 6.45) is 1.66. The van der Waals surface area contributed by atoms with Gasteiger partial charge in [-0.1, -0.05) is 23.2 Å². The number of aromatic nitrogens is 2. The second-order valence-corrected chi connectivity index (χ2v) is 8.09. The lowest BCUT2D eigenvalue weighted by atomic mass is 9.97. The van der Waals surface area contributed by atoms with Gasteiger partial charge in [-0.2, -0.15) is 0 Å². The zero-order chi connectivity index (χ0) is 21.1. The molecule has 8 heteroatoms. The van der Waals surface area contributed by atoms with Crippen LogP contribution in [-0.2, 0) is 4.79 Å². The molecule has 2 aromatic carbocycles. The topological polar surface area (TPSA) is 58.1 Å². The van der Waals surface area contributed by atoms with Crippen LogP contribution < -0.4 is 10.2 Å². The highest BCUT2D eigenvalue weighted by Gasteiger charge is 2.27. The molecule has 4 rings (SSSR count). The number of hydrogen-bond donors (Lipinski definition) is 1. The van der Waals surface area contributed by atoms with Gasteiger partial charge in [0.05, 0.1) is 11.6 Å².